The van der Waals surface area contributed by atoms with Crippen molar-refractivity contribution in [1.82, 2.24) is 15.1 Å². The Morgan fingerprint density at radius 2 is 1.76 bits per heavy atom. The van der Waals surface area contributed by atoms with E-state index in [-0.39, 0.29) is 11.8 Å². The number of benzene rings is 1. The third-order valence-electron chi connectivity index (χ3n) is 3.74. The summed E-state index contributed by atoms with van der Waals surface area (Å²) in [6.07, 6.45) is 0.533. The van der Waals surface area contributed by atoms with E-state index in [0.717, 1.165) is 38.3 Å². The van der Waals surface area contributed by atoms with Gasteiger partial charge in [0.15, 0.2) is 5.78 Å². The Bertz CT molecular complexity index is 468. The van der Waals surface area contributed by atoms with Gasteiger partial charge in [-0.05, 0) is 6.92 Å². The van der Waals surface area contributed by atoms with E-state index in [1.807, 2.05) is 42.2 Å². The molecule has 0 bridgehead atoms. The SMILES string of the molecule is CCNC(=O)N1CCN(CCC(=O)c2ccccc2)CC1. The molecule has 1 heterocycles. The first-order valence-electron chi connectivity index (χ1n) is 7.54. The lowest BCUT2D eigenvalue weighted by Gasteiger charge is -2.34. The van der Waals surface area contributed by atoms with Crippen molar-refractivity contribution in [3.05, 3.63) is 35.9 Å². The van der Waals surface area contributed by atoms with Crippen molar-refractivity contribution in [2.45, 2.75) is 13.3 Å². The maximum atomic E-state index is 12.0. The van der Waals surface area contributed by atoms with Gasteiger partial charge >= 0.3 is 6.03 Å². The summed E-state index contributed by atoms with van der Waals surface area (Å²) < 4.78 is 0. The van der Waals surface area contributed by atoms with Crippen LogP contribution in [-0.4, -0.2) is 60.9 Å². The van der Waals surface area contributed by atoms with Crippen LogP contribution in [0.3, 0.4) is 0 Å². The van der Waals surface area contributed by atoms with E-state index in [1.54, 1.807) is 0 Å². The van der Waals surface area contributed by atoms with E-state index in [0.29, 0.717) is 13.0 Å². The highest BCUT2D eigenvalue weighted by molar-refractivity contribution is 5.96. The molecular weight excluding hydrogens is 266 g/mol. The van der Waals surface area contributed by atoms with Crippen molar-refractivity contribution >= 4 is 11.8 Å². The molecule has 0 radical (unpaired) electrons. The van der Waals surface area contributed by atoms with Gasteiger partial charge in [-0.2, -0.15) is 0 Å². The first-order valence-corrected chi connectivity index (χ1v) is 7.54. The molecule has 2 amide bonds. The predicted octanol–water partition coefficient (Wildman–Crippen LogP) is 1.61. The van der Waals surface area contributed by atoms with Crippen LogP contribution in [0, 0.1) is 0 Å². The largest absolute Gasteiger partial charge is 0.338 e. The Kier molecular flexibility index (Phi) is 5.75. The third kappa shape index (κ3) is 4.56. The van der Waals surface area contributed by atoms with Crippen LogP contribution in [0.5, 0.6) is 0 Å². The number of carbonyl (C=O) groups excluding carboxylic acids is 2. The highest BCUT2D eigenvalue weighted by Gasteiger charge is 2.20. The van der Waals surface area contributed by atoms with Crippen LogP contribution in [0.25, 0.3) is 0 Å². The molecule has 2 rings (SSSR count). The lowest BCUT2D eigenvalue weighted by molar-refractivity contribution is 0.0939. The van der Waals surface area contributed by atoms with Crippen molar-refractivity contribution < 1.29 is 9.59 Å². The molecule has 1 aliphatic rings. The van der Waals surface area contributed by atoms with E-state index in [2.05, 4.69) is 10.2 Å². The molecule has 21 heavy (non-hydrogen) atoms. The Labute approximate surface area is 125 Å². The predicted molar refractivity (Wildman–Crippen MR) is 82.5 cm³/mol. The van der Waals surface area contributed by atoms with Gasteiger partial charge in [0.2, 0.25) is 0 Å². The zero-order chi connectivity index (χ0) is 15.1. The van der Waals surface area contributed by atoms with E-state index < -0.39 is 0 Å². The van der Waals surface area contributed by atoms with E-state index in [1.165, 1.54) is 0 Å². The topological polar surface area (TPSA) is 52.7 Å². The Morgan fingerprint density at radius 3 is 2.38 bits per heavy atom. The zero-order valence-electron chi connectivity index (χ0n) is 12.5. The lowest BCUT2D eigenvalue weighted by atomic mass is 10.1. The van der Waals surface area contributed by atoms with Gasteiger partial charge in [0.1, 0.15) is 0 Å². The molecule has 0 spiro atoms. The second-order valence-corrected chi connectivity index (χ2v) is 5.20. The minimum atomic E-state index is 0.0116. The first-order chi connectivity index (χ1) is 10.2. The van der Waals surface area contributed by atoms with Crippen LogP contribution >= 0.6 is 0 Å². The van der Waals surface area contributed by atoms with Gasteiger partial charge in [-0.1, -0.05) is 30.3 Å². The second kappa shape index (κ2) is 7.78. The van der Waals surface area contributed by atoms with Crippen molar-refractivity contribution in [1.29, 1.82) is 0 Å². The summed E-state index contributed by atoms with van der Waals surface area (Å²) in [6, 6.07) is 9.41. The number of Topliss-reactive ketones (excluding diaryl/α,β-unsaturated/α-hetero) is 1. The maximum Gasteiger partial charge on any atom is 0.317 e. The number of piperazine rings is 1. The summed E-state index contributed by atoms with van der Waals surface area (Å²) in [7, 11) is 0. The van der Waals surface area contributed by atoms with Gasteiger partial charge in [-0.15, -0.1) is 0 Å². The molecular formula is C16H23N3O2. The number of carbonyl (C=O) groups is 2. The Hall–Kier alpha value is -1.88. The number of nitrogens with zero attached hydrogens (tertiary/aromatic N) is 2. The number of nitrogens with one attached hydrogen (secondary N) is 1. The second-order valence-electron chi connectivity index (χ2n) is 5.20. The van der Waals surface area contributed by atoms with Crippen molar-refractivity contribution in [2.75, 3.05) is 39.3 Å². The summed E-state index contributed by atoms with van der Waals surface area (Å²) in [5.74, 6) is 0.182. The molecule has 1 aromatic rings. The van der Waals surface area contributed by atoms with Crippen LogP contribution in [0.1, 0.15) is 23.7 Å². The van der Waals surface area contributed by atoms with Gasteiger partial charge in [-0.3, -0.25) is 9.69 Å². The molecule has 1 N–H and O–H groups in total. The molecule has 0 atom stereocenters. The highest BCUT2D eigenvalue weighted by Crippen LogP contribution is 2.07. The number of rotatable bonds is 5. The average molecular weight is 289 g/mol. The molecule has 1 aliphatic heterocycles. The number of urea groups is 1. The van der Waals surface area contributed by atoms with Gasteiger partial charge in [0.05, 0.1) is 0 Å². The number of hydrogen-bond donors (Lipinski definition) is 1. The van der Waals surface area contributed by atoms with Crippen molar-refractivity contribution in [2.24, 2.45) is 0 Å². The molecule has 1 fully saturated rings. The van der Waals surface area contributed by atoms with Crippen LogP contribution in [0.4, 0.5) is 4.79 Å². The van der Waals surface area contributed by atoms with E-state index in [9.17, 15) is 9.59 Å². The molecule has 0 aromatic heterocycles. The minimum absolute atomic E-state index is 0.0116. The third-order valence-corrected chi connectivity index (χ3v) is 3.74. The highest BCUT2D eigenvalue weighted by atomic mass is 16.2. The van der Waals surface area contributed by atoms with Gasteiger partial charge in [0, 0.05) is 51.3 Å². The summed E-state index contributed by atoms with van der Waals surface area (Å²) in [5, 5.41) is 2.82. The quantitative estimate of drug-likeness (QED) is 0.838. The summed E-state index contributed by atoms with van der Waals surface area (Å²) in [5.41, 5.74) is 0.776. The average Bonchev–Trinajstić information content (AvgIpc) is 2.54. The Morgan fingerprint density at radius 1 is 1.10 bits per heavy atom. The fraction of sp³-hybridized carbons (Fsp3) is 0.500. The van der Waals surface area contributed by atoms with Crippen LogP contribution in [0.15, 0.2) is 30.3 Å². The molecule has 1 saturated heterocycles. The van der Waals surface area contributed by atoms with Crippen molar-refractivity contribution in [3.63, 3.8) is 0 Å². The molecule has 0 unspecified atom stereocenters. The molecule has 1 aromatic carbocycles. The standard InChI is InChI=1S/C16H23N3O2/c1-2-17-16(21)19-12-10-18(11-13-19)9-8-15(20)14-6-4-3-5-7-14/h3-7H,2,8-13H2,1H3,(H,17,21). The fourth-order valence-electron chi connectivity index (χ4n) is 2.47. The molecule has 114 valence electrons. The number of ketones is 1. The maximum absolute atomic E-state index is 12.0. The Balaban J connectivity index is 1.72. The van der Waals surface area contributed by atoms with E-state index in [4.69, 9.17) is 0 Å². The summed E-state index contributed by atoms with van der Waals surface area (Å²) in [6.45, 7) is 6.46. The normalized spacial score (nSPS) is 15.8. The molecule has 5 heteroatoms. The fourth-order valence-corrected chi connectivity index (χ4v) is 2.47. The van der Waals surface area contributed by atoms with Crippen LogP contribution < -0.4 is 5.32 Å². The van der Waals surface area contributed by atoms with Gasteiger partial charge < -0.3 is 10.2 Å². The monoisotopic (exact) mass is 289 g/mol. The summed E-state index contributed by atoms with van der Waals surface area (Å²) >= 11 is 0. The minimum Gasteiger partial charge on any atom is -0.338 e. The van der Waals surface area contributed by atoms with Crippen LogP contribution in [-0.2, 0) is 0 Å². The molecule has 0 aliphatic carbocycles. The van der Waals surface area contributed by atoms with Gasteiger partial charge in [-0.25, -0.2) is 4.79 Å². The molecule has 0 saturated carbocycles. The van der Waals surface area contributed by atoms with E-state index >= 15 is 0 Å². The smallest absolute Gasteiger partial charge is 0.317 e. The molecule has 5 nitrogen and oxygen atoms in total. The van der Waals surface area contributed by atoms with Crippen molar-refractivity contribution in [3.8, 4) is 0 Å². The lowest BCUT2D eigenvalue weighted by Crippen LogP contribution is -2.51. The number of hydrogen-bond acceptors (Lipinski definition) is 3. The zero-order valence-corrected chi connectivity index (χ0v) is 12.5. The van der Waals surface area contributed by atoms with Gasteiger partial charge in [0.25, 0.3) is 0 Å². The number of amides is 2. The first kappa shape index (κ1) is 15.5. The summed E-state index contributed by atoms with van der Waals surface area (Å²) in [4.78, 5) is 27.8. The van der Waals surface area contributed by atoms with Crippen LogP contribution in [0.2, 0.25) is 0 Å².